The summed E-state index contributed by atoms with van der Waals surface area (Å²) >= 11 is 3.26. The summed E-state index contributed by atoms with van der Waals surface area (Å²) in [5.74, 6) is -1.10. The van der Waals surface area contributed by atoms with Crippen LogP contribution in [0.15, 0.2) is 34.4 Å². The first-order valence-corrected chi connectivity index (χ1v) is 7.39. The summed E-state index contributed by atoms with van der Waals surface area (Å²) in [7, 11) is 1.71. The van der Waals surface area contributed by atoms with Crippen molar-refractivity contribution in [2.24, 2.45) is 0 Å². The van der Waals surface area contributed by atoms with E-state index in [2.05, 4.69) is 15.9 Å². The number of carbonyl (C=O) groups is 2. The number of allylic oxidation sites excluding steroid dienone is 2. The number of hydrogen-bond acceptors (Lipinski definition) is 3. The van der Waals surface area contributed by atoms with E-state index in [1.807, 2.05) is 6.08 Å². The number of rotatable bonds is 5. The van der Waals surface area contributed by atoms with Gasteiger partial charge in [0.05, 0.1) is 0 Å². The number of benzene rings is 1. The quantitative estimate of drug-likeness (QED) is 0.883. The third-order valence-corrected chi connectivity index (χ3v) is 3.84. The molecule has 6 heteroatoms. The molecule has 0 aliphatic heterocycles. The minimum Gasteiger partial charge on any atom is -0.483 e. The molecular weight excluding hydrogens is 338 g/mol. The first-order chi connectivity index (χ1) is 9.99. The smallest absolute Gasteiger partial charge is 0.339 e. The lowest BCUT2D eigenvalue weighted by atomic mass is 10.2. The van der Waals surface area contributed by atoms with Crippen molar-refractivity contribution in [3.63, 3.8) is 0 Å². The zero-order chi connectivity index (χ0) is 15.4. The van der Waals surface area contributed by atoms with E-state index in [4.69, 9.17) is 9.84 Å². The van der Waals surface area contributed by atoms with Gasteiger partial charge < -0.3 is 14.7 Å². The average molecular weight is 354 g/mol. The molecule has 0 bridgehead atoms. The van der Waals surface area contributed by atoms with Crippen molar-refractivity contribution in [2.45, 2.75) is 19.3 Å². The van der Waals surface area contributed by atoms with Crippen molar-refractivity contribution in [1.29, 1.82) is 0 Å². The van der Waals surface area contributed by atoms with Gasteiger partial charge in [0.1, 0.15) is 11.3 Å². The van der Waals surface area contributed by atoms with Gasteiger partial charge in [-0.3, -0.25) is 4.79 Å². The van der Waals surface area contributed by atoms with Crippen LogP contribution in [-0.4, -0.2) is 35.5 Å². The Balaban J connectivity index is 2.04. The molecule has 2 rings (SSSR count). The summed E-state index contributed by atoms with van der Waals surface area (Å²) in [6, 6.07) is 4.61. The molecule has 0 heterocycles. The maximum Gasteiger partial charge on any atom is 0.339 e. The maximum absolute atomic E-state index is 12.1. The average Bonchev–Trinajstić information content (AvgIpc) is 2.97. The minimum absolute atomic E-state index is 0.0359. The van der Waals surface area contributed by atoms with Crippen molar-refractivity contribution in [3.05, 3.63) is 40.0 Å². The Bertz CT molecular complexity index is 597. The van der Waals surface area contributed by atoms with E-state index in [1.54, 1.807) is 24.1 Å². The summed E-state index contributed by atoms with van der Waals surface area (Å²) in [5.41, 5.74) is 1.03. The first kappa shape index (κ1) is 15.6. The lowest BCUT2D eigenvalue weighted by Crippen LogP contribution is -2.30. The number of amides is 1. The lowest BCUT2D eigenvalue weighted by Gasteiger charge is -2.19. The Labute approximate surface area is 131 Å². The van der Waals surface area contributed by atoms with Gasteiger partial charge in [-0.15, -0.1) is 0 Å². The molecule has 1 aromatic carbocycles. The fourth-order valence-electron chi connectivity index (χ4n) is 2.15. The zero-order valence-corrected chi connectivity index (χ0v) is 13.2. The number of halogens is 1. The van der Waals surface area contributed by atoms with E-state index >= 15 is 0 Å². The molecule has 21 heavy (non-hydrogen) atoms. The molecule has 112 valence electrons. The van der Waals surface area contributed by atoms with E-state index in [-0.39, 0.29) is 23.8 Å². The van der Waals surface area contributed by atoms with Gasteiger partial charge in [0.25, 0.3) is 5.91 Å². The molecule has 0 aromatic heterocycles. The highest BCUT2D eigenvalue weighted by Crippen LogP contribution is 2.24. The third-order valence-electron chi connectivity index (χ3n) is 3.35. The van der Waals surface area contributed by atoms with Crippen LogP contribution < -0.4 is 4.74 Å². The minimum atomic E-state index is -1.09. The number of carbonyl (C=O) groups excluding carboxylic acids is 1. The highest BCUT2D eigenvalue weighted by atomic mass is 79.9. The summed E-state index contributed by atoms with van der Waals surface area (Å²) in [6.07, 6.45) is 4.98. The van der Waals surface area contributed by atoms with Gasteiger partial charge in [-0.05, 0) is 37.5 Å². The Kier molecular flexibility index (Phi) is 5.01. The number of hydrogen-bond donors (Lipinski definition) is 1. The van der Waals surface area contributed by atoms with Crippen LogP contribution in [0.5, 0.6) is 5.75 Å². The van der Waals surface area contributed by atoms with Gasteiger partial charge in [0, 0.05) is 17.2 Å². The van der Waals surface area contributed by atoms with E-state index in [1.165, 1.54) is 6.07 Å². The predicted octanol–water partition coefficient (Wildman–Crippen LogP) is 3.05. The molecular formula is C15H16BrNO4. The van der Waals surface area contributed by atoms with Crippen LogP contribution in [0, 0.1) is 0 Å². The number of nitrogens with zero attached hydrogens (tertiary/aromatic N) is 1. The summed E-state index contributed by atoms with van der Waals surface area (Å²) < 4.78 is 6.09. The van der Waals surface area contributed by atoms with E-state index in [0.717, 1.165) is 25.0 Å². The fourth-order valence-corrected chi connectivity index (χ4v) is 2.49. The predicted molar refractivity (Wildman–Crippen MR) is 81.3 cm³/mol. The van der Waals surface area contributed by atoms with Gasteiger partial charge in [0.15, 0.2) is 6.61 Å². The van der Waals surface area contributed by atoms with Gasteiger partial charge in [-0.2, -0.15) is 0 Å². The Hall–Kier alpha value is -1.82. The van der Waals surface area contributed by atoms with Crippen LogP contribution in [0.25, 0.3) is 0 Å². The van der Waals surface area contributed by atoms with Crippen molar-refractivity contribution in [2.75, 3.05) is 13.7 Å². The lowest BCUT2D eigenvalue weighted by molar-refractivity contribution is -0.130. The van der Waals surface area contributed by atoms with Crippen LogP contribution in [0.1, 0.15) is 29.6 Å². The van der Waals surface area contributed by atoms with Crippen LogP contribution in [0.2, 0.25) is 0 Å². The fraction of sp³-hybridized carbons (Fsp3) is 0.333. The van der Waals surface area contributed by atoms with Gasteiger partial charge >= 0.3 is 5.97 Å². The van der Waals surface area contributed by atoms with Crippen molar-refractivity contribution >= 4 is 27.8 Å². The molecule has 0 atom stereocenters. The molecule has 0 saturated heterocycles. The van der Waals surface area contributed by atoms with Gasteiger partial charge in [-0.25, -0.2) is 4.79 Å². The van der Waals surface area contributed by atoms with E-state index in [0.29, 0.717) is 4.47 Å². The first-order valence-electron chi connectivity index (χ1n) is 6.60. The molecule has 0 fully saturated rings. The summed E-state index contributed by atoms with van der Waals surface area (Å²) in [4.78, 5) is 24.8. The number of ether oxygens (including phenoxy) is 1. The van der Waals surface area contributed by atoms with Crippen LogP contribution in [-0.2, 0) is 4.79 Å². The number of carboxylic acids is 1. The highest BCUT2D eigenvalue weighted by molar-refractivity contribution is 9.10. The van der Waals surface area contributed by atoms with Crippen molar-refractivity contribution in [3.8, 4) is 5.75 Å². The van der Waals surface area contributed by atoms with Crippen LogP contribution >= 0.6 is 15.9 Å². The maximum atomic E-state index is 12.1. The number of carboxylic acid groups (broad SMARTS) is 1. The van der Waals surface area contributed by atoms with Crippen LogP contribution in [0.3, 0.4) is 0 Å². The van der Waals surface area contributed by atoms with E-state index < -0.39 is 5.97 Å². The molecule has 1 aliphatic carbocycles. The molecule has 1 aromatic rings. The largest absolute Gasteiger partial charge is 0.483 e. The molecule has 1 amide bonds. The molecule has 0 unspecified atom stereocenters. The Morgan fingerprint density at radius 1 is 1.43 bits per heavy atom. The molecule has 0 radical (unpaired) electrons. The molecule has 1 N–H and O–H groups in total. The van der Waals surface area contributed by atoms with Gasteiger partial charge in [0.2, 0.25) is 0 Å². The number of aromatic carboxylic acids is 1. The second-order valence-corrected chi connectivity index (χ2v) is 5.69. The normalized spacial score (nSPS) is 13.7. The second-order valence-electron chi connectivity index (χ2n) is 4.77. The molecule has 1 aliphatic rings. The third kappa shape index (κ3) is 3.85. The molecule has 0 spiro atoms. The Morgan fingerprint density at radius 2 is 2.19 bits per heavy atom. The SMILES string of the molecule is CN(C(=O)COc1cc(Br)ccc1C(=O)O)C1=CCCC1. The van der Waals surface area contributed by atoms with Gasteiger partial charge in [-0.1, -0.05) is 22.0 Å². The van der Waals surface area contributed by atoms with E-state index in [9.17, 15) is 9.59 Å². The topological polar surface area (TPSA) is 66.8 Å². The monoisotopic (exact) mass is 353 g/mol. The Morgan fingerprint density at radius 3 is 2.81 bits per heavy atom. The summed E-state index contributed by atoms with van der Waals surface area (Å²) in [5, 5.41) is 9.10. The van der Waals surface area contributed by atoms with Crippen molar-refractivity contribution < 1.29 is 19.4 Å². The van der Waals surface area contributed by atoms with Crippen LogP contribution in [0.4, 0.5) is 0 Å². The second kappa shape index (κ2) is 6.76. The highest BCUT2D eigenvalue weighted by Gasteiger charge is 2.18. The summed E-state index contributed by atoms with van der Waals surface area (Å²) in [6.45, 7) is -0.190. The van der Waals surface area contributed by atoms with Crippen molar-refractivity contribution in [1.82, 2.24) is 4.90 Å². The number of likely N-dealkylation sites (N-methyl/N-ethyl adjacent to an activating group) is 1. The zero-order valence-electron chi connectivity index (χ0n) is 11.6. The molecule has 0 saturated carbocycles. The molecule has 5 nitrogen and oxygen atoms in total. The standard InChI is InChI=1S/C15H16BrNO4/c1-17(11-4-2-3-5-11)14(18)9-21-13-8-10(16)6-7-12(13)15(19)20/h4,6-8H,2-3,5,9H2,1H3,(H,19,20).